The van der Waals surface area contributed by atoms with E-state index in [4.69, 9.17) is 0 Å². The second-order valence-corrected chi connectivity index (χ2v) is 15.2. The first kappa shape index (κ1) is 31.8. The summed E-state index contributed by atoms with van der Waals surface area (Å²) in [6, 6.07) is 71.6. The molecule has 12 rings (SSSR count). The molecule has 11 aromatic carbocycles. The van der Waals surface area contributed by atoms with E-state index in [2.05, 4.69) is 198 Å². The zero-order valence-electron chi connectivity index (χ0n) is 31.0. The van der Waals surface area contributed by atoms with Crippen molar-refractivity contribution < 1.29 is 0 Å². The molecule has 0 bridgehead atoms. The van der Waals surface area contributed by atoms with Gasteiger partial charge < -0.3 is 4.90 Å². The van der Waals surface area contributed by atoms with Crippen LogP contribution in [0.2, 0.25) is 0 Å². The number of hydrogen-bond donors (Lipinski definition) is 0. The van der Waals surface area contributed by atoms with Gasteiger partial charge in [0.1, 0.15) is 0 Å². The van der Waals surface area contributed by atoms with E-state index in [0.717, 1.165) is 28.2 Å². The van der Waals surface area contributed by atoms with Crippen molar-refractivity contribution in [3.05, 3.63) is 207 Å². The predicted octanol–water partition coefficient (Wildman–Crippen LogP) is 15.3. The largest absolute Gasteiger partial charge is 0.310 e. The minimum absolute atomic E-state index is 1.08. The molecule has 1 heterocycles. The highest BCUT2D eigenvalue weighted by Gasteiger charge is 2.18. The van der Waals surface area contributed by atoms with Gasteiger partial charge in [-0.3, -0.25) is 4.98 Å². The molecule has 57 heavy (non-hydrogen) atoms. The lowest BCUT2D eigenvalue weighted by Gasteiger charge is -2.27. The van der Waals surface area contributed by atoms with Gasteiger partial charge in [0.25, 0.3) is 0 Å². The van der Waals surface area contributed by atoms with Gasteiger partial charge in [0, 0.05) is 35.0 Å². The molecule has 0 radical (unpaired) electrons. The van der Waals surface area contributed by atoms with Crippen LogP contribution in [-0.4, -0.2) is 4.98 Å². The molecular weight excluding hydrogens is 689 g/mol. The molecule has 2 nitrogen and oxygen atoms in total. The Labute approximate surface area is 330 Å². The van der Waals surface area contributed by atoms with Crippen LogP contribution in [0.25, 0.3) is 98.0 Å². The van der Waals surface area contributed by atoms with Gasteiger partial charge in [0.15, 0.2) is 0 Å². The van der Waals surface area contributed by atoms with Crippen LogP contribution in [0.15, 0.2) is 207 Å². The van der Waals surface area contributed by atoms with Gasteiger partial charge in [0.2, 0.25) is 0 Å². The number of benzene rings is 11. The van der Waals surface area contributed by atoms with Crippen molar-refractivity contribution in [2.75, 3.05) is 4.90 Å². The fraction of sp³-hybridized carbons (Fsp3) is 0. The Morgan fingerprint density at radius 1 is 0.263 bits per heavy atom. The van der Waals surface area contributed by atoms with Crippen molar-refractivity contribution in [2.24, 2.45) is 0 Å². The molecule has 0 saturated heterocycles. The Kier molecular flexibility index (Phi) is 6.96. The summed E-state index contributed by atoms with van der Waals surface area (Å²) in [5.41, 5.74) is 10.2. The van der Waals surface area contributed by atoms with Crippen LogP contribution in [0.1, 0.15) is 0 Å². The van der Waals surface area contributed by atoms with Crippen LogP contribution in [0.3, 0.4) is 0 Å². The standard InChI is InChI=1S/C55H34N2/c1-7-35-18-22-42-27-47(28-43-23-19-36(8-1)52(35)54(42)43)40-12-4-16-50(32-40)57(49-15-3-11-39(31-49)46-14-6-26-56-34-46)51-17-5-13-41(33-51)48-29-44-24-20-37-9-2-10-38-21-25-45(30-48)55(44)53(37)38/h1-34H. The molecule has 264 valence electrons. The second kappa shape index (κ2) is 12.5. The van der Waals surface area contributed by atoms with Crippen LogP contribution in [-0.2, 0) is 0 Å². The summed E-state index contributed by atoms with van der Waals surface area (Å²) < 4.78 is 0. The number of nitrogens with zero attached hydrogens (tertiary/aromatic N) is 2. The highest BCUT2D eigenvalue weighted by molar-refractivity contribution is 6.25. The van der Waals surface area contributed by atoms with Gasteiger partial charge >= 0.3 is 0 Å². The molecule has 2 heteroatoms. The van der Waals surface area contributed by atoms with Crippen molar-refractivity contribution >= 4 is 81.7 Å². The molecule has 0 atom stereocenters. The summed E-state index contributed by atoms with van der Waals surface area (Å²) in [7, 11) is 0. The minimum Gasteiger partial charge on any atom is -0.310 e. The van der Waals surface area contributed by atoms with Gasteiger partial charge in [0.05, 0.1) is 0 Å². The summed E-state index contributed by atoms with van der Waals surface area (Å²) in [6.07, 6.45) is 3.76. The highest BCUT2D eigenvalue weighted by Crippen LogP contribution is 2.43. The summed E-state index contributed by atoms with van der Waals surface area (Å²) >= 11 is 0. The number of anilines is 3. The van der Waals surface area contributed by atoms with Crippen molar-refractivity contribution in [1.29, 1.82) is 0 Å². The van der Waals surface area contributed by atoms with E-state index in [9.17, 15) is 0 Å². The van der Waals surface area contributed by atoms with Gasteiger partial charge in [-0.05, 0) is 159 Å². The fourth-order valence-electron chi connectivity index (χ4n) is 9.30. The van der Waals surface area contributed by atoms with Crippen LogP contribution in [0.5, 0.6) is 0 Å². The van der Waals surface area contributed by atoms with Gasteiger partial charge in [-0.2, -0.15) is 0 Å². The van der Waals surface area contributed by atoms with E-state index in [1.54, 1.807) is 0 Å². The number of pyridine rings is 1. The Balaban J connectivity index is 1.02. The second-order valence-electron chi connectivity index (χ2n) is 15.2. The topological polar surface area (TPSA) is 16.1 Å². The third kappa shape index (κ3) is 5.15. The van der Waals surface area contributed by atoms with Gasteiger partial charge in [-0.15, -0.1) is 0 Å². The molecule has 0 aliphatic heterocycles. The number of rotatable bonds is 6. The Bertz CT molecular complexity index is 3150. The molecule has 0 amide bonds. The van der Waals surface area contributed by atoms with E-state index in [1.807, 2.05) is 18.5 Å². The third-order valence-electron chi connectivity index (χ3n) is 11.9. The maximum Gasteiger partial charge on any atom is 0.0467 e. The molecule has 0 saturated carbocycles. The molecule has 1 aromatic heterocycles. The normalized spacial score (nSPS) is 11.9. The summed E-state index contributed by atoms with van der Waals surface area (Å²) in [5, 5.41) is 15.6. The molecule has 12 aromatic rings. The minimum atomic E-state index is 1.08. The highest BCUT2D eigenvalue weighted by atomic mass is 15.1. The Hall–Kier alpha value is -7.55. The Morgan fingerprint density at radius 3 is 0.982 bits per heavy atom. The summed E-state index contributed by atoms with van der Waals surface area (Å²) in [4.78, 5) is 6.82. The molecule has 0 aliphatic carbocycles. The fourth-order valence-corrected chi connectivity index (χ4v) is 9.30. The lowest BCUT2D eigenvalue weighted by Crippen LogP contribution is -2.10. The molecule has 0 fully saturated rings. The molecular formula is C55H34N2. The maximum absolute atomic E-state index is 4.43. The summed E-state index contributed by atoms with van der Waals surface area (Å²) in [5.74, 6) is 0. The molecule has 0 unspecified atom stereocenters. The van der Waals surface area contributed by atoms with Crippen LogP contribution < -0.4 is 4.90 Å². The number of aromatic nitrogens is 1. The van der Waals surface area contributed by atoms with Gasteiger partial charge in [-0.1, -0.05) is 127 Å². The maximum atomic E-state index is 4.43. The molecule has 0 aliphatic rings. The molecule has 0 N–H and O–H groups in total. The zero-order valence-corrected chi connectivity index (χ0v) is 31.0. The van der Waals surface area contributed by atoms with E-state index < -0.39 is 0 Å². The van der Waals surface area contributed by atoms with Crippen LogP contribution in [0, 0.1) is 0 Å². The number of hydrogen-bond acceptors (Lipinski definition) is 2. The predicted molar refractivity (Wildman–Crippen MR) is 243 cm³/mol. The van der Waals surface area contributed by atoms with Crippen molar-refractivity contribution in [2.45, 2.75) is 0 Å². The van der Waals surface area contributed by atoms with E-state index in [-0.39, 0.29) is 0 Å². The smallest absolute Gasteiger partial charge is 0.0467 e. The molecule has 0 spiro atoms. The first-order valence-corrected chi connectivity index (χ1v) is 19.6. The van der Waals surface area contributed by atoms with Crippen molar-refractivity contribution in [3.8, 4) is 33.4 Å². The van der Waals surface area contributed by atoms with E-state index in [1.165, 1.54) is 86.9 Å². The zero-order chi connectivity index (χ0) is 37.5. The lowest BCUT2D eigenvalue weighted by molar-refractivity contribution is 1.28. The average molecular weight is 723 g/mol. The first-order valence-electron chi connectivity index (χ1n) is 19.6. The van der Waals surface area contributed by atoms with E-state index in [0.29, 0.717) is 0 Å². The lowest BCUT2D eigenvalue weighted by atomic mass is 9.91. The van der Waals surface area contributed by atoms with E-state index >= 15 is 0 Å². The quantitative estimate of drug-likeness (QED) is 0.159. The van der Waals surface area contributed by atoms with Crippen LogP contribution >= 0.6 is 0 Å². The van der Waals surface area contributed by atoms with Crippen molar-refractivity contribution in [1.82, 2.24) is 4.98 Å². The summed E-state index contributed by atoms with van der Waals surface area (Å²) in [6.45, 7) is 0. The van der Waals surface area contributed by atoms with Gasteiger partial charge in [-0.25, -0.2) is 0 Å². The Morgan fingerprint density at radius 2 is 0.596 bits per heavy atom. The first-order chi connectivity index (χ1) is 28.2. The average Bonchev–Trinajstić information content (AvgIpc) is 3.28. The third-order valence-corrected chi connectivity index (χ3v) is 11.9. The SMILES string of the molecule is c1cncc(-c2cccc(N(c3cccc(-c4cc5ccc6cccc7ccc(c4)c5c67)c3)c3cccc(-c4cc5ccc6cccc7ccc(c4)c5c67)c3)c2)c1. The monoisotopic (exact) mass is 722 g/mol. The van der Waals surface area contributed by atoms with Crippen molar-refractivity contribution in [3.63, 3.8) is 0 Å². The van der Waals surface area contributed by atoms with Crippen LogP contribution in [0.4, 0.5) is 17.1 Å².